The number of nitrogen functional groups attached to an aromatic ring is 1. The Hall–Kier alpha value is -2.14. The Bertz CT molecular complexity index is 511. The van der Waals surface area contributed by atoms with Gasteiger partial charge in [0.05, 0.1) is 5.56 Å². The summed E-state index contributed by atoms with van der Waals surface area (Å²) in [4.78, 5) is 18.4. The van der Waals surface area contributed by atoms with Gasteiger partial charge >= 0.3 is 5.97 Å². The van der Waals surface area contributed by atoms with Crippen LogP contribution in [0.25, 0.3) is 11.1 Å². The molecule has 88 valence electrons. The molecule has 0 fully saturated rings. The monoisotopic (exact) mass is 251 g/mol. The zero-order valence-corrected chi connectivity index (χ0v) is 9.52. The molecule has 0 saturated carbocycles. The maximum absolute atomic E-state index is 10.7. The van der Waals surface area contributed by atoms with Gasteiger partial charge in [-0.25, -0.2) is 14.8 Å². The first-order valence-corrected chi connectivity index (χ1v) is 4.58. The zero-order valence-electron chi connectivity index (χ0n) is 8.70. The molecule has 0 unspecified atom stereocenters. The molecule has 6 heteroatoms. The molecule has 5 nitrogen and oxygen atoms in total. The molecule has 2 rings (SSSR count). The molecule has 0 aliphatic heterocycles. The van der Waals surface area contributed by atoms with Crippen LogP contribution in [0.5, 0.6) is 0 Å². The minimum Gasteiger partial charge on any atom is -0.478 e. The number of hydrogen-bond donors (Lipinski definition) is 2. The molecule has 0 saturated heterocycles. The molecule has 17 heavy (non-hydrogen) atoms. The molecular formula is C11H10ClN3O2. The van der Waals surface area contributed by atoms with Crippen molar-refractivity contribution in [2.45, 2.75) is 0 Å². The lowest BCUT2D eigenvalue weighted by atomic mass is 10.1. The van der Waals surface area contributed by atoms with Gasteiger partial charge in [-0.1, -0.05) is 12.1 Å². The van der Waals surface area contributed by atoms with Crippen molar-refractivity contribution in [3.8, 4) is 11.1 Å². The lowest BCUT2D eigenvalue weighted by molar-refractivity contribution is 0.0697. The van der Waals surface area contributed by atoms with Gasteiger partial charge in [-0.05, 0) is 17.7 Å². The van der Waals surface area contributed by atoms with E-state index >= 15 is 0 Å². The number of benzene rings is 1. The topological polar surface area (TPSA) is 89.1 Å². The van der Waals surface area contributed by atoms with Crippen molar-refractivity contribution < 1.29 is 9.90 Å². The Labute approximate surface area is 104 Å². The second-order valence-corrected chi connectivity index (χ2v) is 3.21. The van der Waals surface area contributed by atoms with E-state index in [2.05, 4.69) is 9.97 Å². The van der Waals surface area contributed by atoms with Crippen LogP contribution in [0.2, 0.25) is 0 Å². The van der Waals surface area contributed by atoms with E-state index < -0.39 is 5.97 Å². The Morgan fingerprint density at radius 1 is 1.06 bits per heavy atom. The number of carboxylic acid groups (broad SMARTS) is 1. The van der Waals surface area contributed by atoms with E-state index in [4.69, 9.17) is 10.8 Å². The van der Waals surface area contributed by atoms with Crippen molar-refractivity contribution in [1.29, 1.82) is 0 Å². The highest BCUT2D eigenvalue weighted by Crippen LogP contribution is 2.18. The average molecular weight is 252 g/mol. The van der Waals surface area contributed by atoms with Crippen LogP contribution in [0.1, 0.15) is 10.4 Å². The highest BCUT2D eigenvalue weighted by atomic mass is 35.5. The molecule has 1 aromatic heterocycles. The maximum atomic E-state index is 10.7. The van der Waals surface area contributed by atoms with Crippen LogP contribution >= 0.6 is 12.4 Å². The molecule has 0 radical (unpaired) electrons. The summed E-state index contributed by atoms with van der Waals surface area (Å²) in [6.07, 6.45) is 3.19. The summed E-state index contributed by atoms with van der Waals surface area (Å²) in [5.74, 6) is -0.731. The minimum absolute atomic E-state index is 0. The summed E-state index contributed by atoms with van der Waals surface area (Å²) in [6, 6.07) is 6.48. The van der Waals surface area contributed by atoms with Crippen LogP contribution in [0.4, 0.5) is 5.95 Å². The number of rotatable bonds is 2. The fourth-order valence-electron chi connectivity index (χ4n) is 1.29. The first-order chi connectivity index (χ1) is 7.66. The van der Waals surface area contributed by atoms with Gasteiger partial charge in [0.2, 0.25) is 5.95 Å². The normalized spacial score (nSPS) is 9.41. The van der Waals surface area contributed by atoms with Gasteiger partial charge in [0.25, 0.3) is 0 Å². The molecular weight excluding hydrogens is 242 g/mol. The Kier molecular flexibility index (Phi) is 4.01. The number of carboxylic acids is 1. The fourth-order valence-corrected chi connectivity index (χ4v) is 1.29. The third kappa shape index (κ3) is 2.92. The third-order valence-electron chi connectivity index (χ3n) is 2.14. The number of nitrogens with two attached hydrogens (primary N) is 1. The standard InChI is InChI=1S/C11H9N3O2.ClH/c12-11-13-5-9(6-14-11)7-1-3-8(4-2-7)10(15)16;/h1-6H,(H,15,16)(H2,12,13,14);1H. The van der Waals surface area contributed by atoms with Crippen LogP contribution in [-0.2, 0) is 0 Å². The molecule has 0 bridgehead atoms. The number of aromatic nitrogens is 2. The first kappa shape index (κ1) is 12.9. The lowest BCUT2D eigenvalue weighted by Gasteiger charge is -2.01. The van der Waals surface area contributed by atoms with Crippen LogP contribution in [0.15, 0.2) is 36.7 Å². The van der Waals surface area contributed by atoms with Gasteiger partial charge in [-0.2, -0.15) is 0 Å². The van der Waals surface area contributed by atoms with Crippen molar-refractivity contribution in [1.82, 2.24) is 9.97 Å². The number of anilines is 1. The van der Waals surface area contributed by atoms with E-state index in [-0.39, 0.29) is 23.9 Å². The molecule has 3 N–H and O–H groups in total. The second kappa shape index (κ2) is 5.27. The summed E-state index contributed by atoms with van der Waals surface area (Å²) >= 11 is 0. The van der Waals surface area contributed by atoms with Gasteiger partial charge < -0.3 is 10.8 Å². The number of nitrogens with zero attached hydrogens (tertiary/aromatic N) is 2. The van der Waals surface area contributed by atoms with Gasteiger partial charge in [-0.15, -0.1) is 12.4 Å². The number of halogens is 1. The van der Waals surface area contributed by atoms with Crippen LogP contribution in [0, 0.1) is 0 Å². The summed E-state index contributed by atoms with van der Waals surface area (Å²) in [5, 5.41) is 8.74. The first-order valence-electron chi connectivity index (χ1n) is 4.58. The van der Waals surface area contributed by atoms with E-state index in [1.807, 2.05) is 0 Å². The summed E-state index contributed by atoms with van der Waals surface area (Å²) in [7, 11) is 0. The van der Waals surface area contributed by atoms with Crippen LogP contribution in [-0.4, -0.2) is 21.0 Å². The zero-order chi connectivity index (χ0) is 11.5. The number of aromatic carboxylic acids is 1. The Morgan fingerprint density at radius 2 is 1.59 bits per heavy atom. The van der Waals surface area contributed by atoms with Crippen molar-refractivity contribution in [2.24, 2.45) is 0 Å². The largest absolute Gasteiger partial charge is 0.478 e. The highest BCUT2D eigenvalue weighted by Gasteiger charge is 2.03. The molecule has 0 amide bonds. The third-order valence-corrected chi connectivity index (χ3v) is 2.14. The minimum atomic E-state index is -0.944. The van der Waals surface area contributed by atoms with Crippen LogP contribution in [0.3, 0.4) is 0 Å². The van der Waals surface area contributed by atoms with Crippen LogP contribution < -0.4 is 5.73 Å². The highest BCUT2D eigenvalue weighted by molar-refractivity contribution is 5.88. The van der Waals surface area contributed by atoms with E-state index in [9.17, 15) is 4.79 Å². The molecule has 1 heterocycles. The molecule has 0 aliphatic rings. The van der Waals surface area contributed by atoms with E-state index in [1.54, 1.807) is 24.5 Å². The molecule has 2 aromatic rings. The predicted molar refractivity (Wildman–Crippen MR) is 66.1 cm³/mol. The van der Waals surface area contributed by atoms with E-state index in [0.717, 1.165) is 11.1 Å². The van der Waals surface area contributed by atoms with E-state index in [1.165, 1.54) is 12.1 Å². The van der Waals surface area contributed by atoms with Crippen molar-refractivity contribution >= 4 is 24.3 Å². The number of hydrogen-bond acceptors (Lipinski definition) is 4. The summed E-state index contributed by atoms with van der Waals surface area (Å²) < 4.78 is 0. The lowest BCUT2D eigenvalue weighted by Crippen LogP contribution is -1.96. The maximum Gasteiger partial charge on any atom is 0.335 e. The van der Waals surface area contributed by atoms with Gasteiger partial charge in [0.1, 0.15) is 0 Å². The average Bonchev–Trinajstić information content (AvgIpc) is 2.30. The molecule has 0 atom stereocenters. The smallest absolute Gasteiger partial charge is 0.335 e. The SMILES string of the molecule is Cl.Nc1ncc(-c2ccc(C(=O)O)cc2)cn1. The molecule has 0 aliphatic carbocycles. The predicted octanol–water partition coefficient (Wildman–Crippen LogP) is 1.85. The molecule has 1 aromatic carbocycles. The molecule has 0 spiro atoms. The van der Waals surface area contributed by atoms with Crippen molar-refractivity contribution in [2.75, 3.05) is 5.73 Å². The second-order valence-electron chi connectivity index (χ2n) is 3.21. The number of carbonyl (C=O) groups is 1. The Morgan fingerprint density at radius 3 is 2.06 bits per heavy atom. The van der Waals surface area contributed by atoms with E-state index in [0.29, 0.717) is 0 Å². The van der Waals surface area contributed by atoms with Gasteiger partial charge in [0.15, 0.2) is 0 Å². The Balaban J connectivity index is 0.00000144. The van der Waals surface area contributed by atoms with Crippen molar-refractivity contribution in [3.05, 3.63) is 42.2 Å². The fraction of sp³-hybridized carbons (Fsp3) is 0. The van der Waals surface area contributed by atoms with Crippen molar-refractivity contribution in [3.63, 3.8) is 0 Å². The van der Waals surface area contributed by atoms with Gasteiger partial charge in [-0.3, -0.25) is 0 Å². The summed E-state index contributed by atoms with van der Waals surface area (Å²) in [5.41, 5.74) is 7.27. The van der Waals surface area contributed by atoms with Gasteiger partial charge in [0, 0.05) is 18.0 Å². The summed E-state index contributed by atoms with van der Waals surface area (Å²) in [6.45, 7) is 0. The quantitative estimate of drug-likeness (QED) is 0.850.